The van der Waals surface area contributed by atoms with Crippen LogP contribution in [0.25, 0.3) is 0 Å². The van der Waals surface area contributed by atoms with Crippen molar-refractivity contribution >= 4 is 27.7 Å². The molecule has 0 amide bonds. The molecule has 0 atom stereocenters. The summed E-state index contributed by atoms with van der Waals surface area (Å²) in [4.78, 5) is 1.27. The second kappa shape index (κ2) is 5.97. The van der Waals surface area contributed by atoms with Gasteiger partial charge in [-0.2, -0.15) is 0 Å². The molecular weight excluding hydrogens is 284 g/mol. The van der Waals surface area contributed by atoms with Crippen LogP contribution in [0.15, 0.2) is 27.6 Å². The van der Waals surface area contributed by atoms with Crippen molar-refractivity contribution in [3.05, 3.63) is 22.7 Å². The number of hydrogen-bond acceptors (Lipinski definition) is 2. The molecule has 1 aromatic carbocycles. The van der Waals surface area contributed by atoms with E-state index in [4.69, 9.17) is 4.74 Å². The summed E-state index contributed by atoms with van der Waals surface area (Å²) in [5, 5.41) is 0. The van der Waals surface area contributed by atoms with E-state index >= 15 is 0 Å². The van der Waals surface area contributed by atoms with Crippen LogP contribution in [-0.2, 0) is 0 Å². The number of rotatable bonds is 3. The third kappa shape index (κ3) is 3.17. The van der Waals surface area contributed by atoms with E-state index in [2.05, 4.69) is 40.4 Å². The lowest BCUT2D eigenvalue weighted by molar-refractivity contribution is 0.154. The standard InChI is InChI=1S/C13H17BrOS/c1-16-11-7-8-13(12(14)9-11)15-10-5-3-2-4-6-10/h7-10H,2-6H2,1H3. The molecule has 16 heavy (non-hydrogen) atoms. The minimum atomic E-state index is 0.421. The van der Waals surface area contributed by atoms with Gasteiger partial charge in [0.25, 0.3) is 0 Å². The maximum atomic E-state index is 6.03. The van der Waals surface area contributed by atoms with Crippen LogP contribution in [-0.4, -0.2) is 12.4 Å². The Morgan fingerprint density at radius 2 is 2.00 bits per heavy atom. The van der Waals surface area contributed by atoms with Crippen LogP contribution in [0.3, 0.4) is 0 Å². The van der Waals surface area contributed by atoms with E-state index in [1.807, 2.05) is 0 Å². The molecule has 1 aromatic rings. The van der Waals surface area contributed by atoms with Gasteiger partial charge < -0.3 is 4.74 Å². The average molecular weight is 301 g/mol. The molecule has 3 heteroatoms. The van der Waals surface area contributed by atoms with E-state index in [-0.39, 0.29) is 0 Å². The average Bonchev–Trinajstić information content (AvgIpc) is 2.33. The summed E-state index contributed by atoms with van der Waals surface area (Å²) >= 11 is 5.33. The first-order valence-electron chi connectivity index (χ1n) is 5.80. The van der Waals surface area contributed by atoms with E-state index in [0.29, 0.717) is 6.10 Å². The Morgan fingerprint density at radius 3 is 2.62 bits per heavy atom. The highest BCUT2D eigenvalue weighted by atomic mass is 79.9. The zero-order valence-electron chi connectivity index (χ0n) is 9.54. The van der Waals surface area contributed by atoms with Crippen LogP contribution in [0.4, 0.5) is 0 Å². The fraction of sp³-hybridized carbons (Fsp3) is 0.538. The molecule has 1 nitrogen and oxygen atoms in total. The van der Waals surface area contributed by atoms with Gasteiger partial charge in [-0.3, -0.25) is 0 Å². The van der Waals surface area contributed by atoms with Crippen molar-refractivity contribution < 1.29 is 4.74 Å². The van der Waals surface area contributed by atoms with E-state index in [0.717, 1.165) is 10.2 Å². The molecule has 1 aliphatic rings. The molecule has 0 unspecified atom stereocenters. The Kier molecular flexibility index (Phi) is 4.59. The second-order valence-corrected chi connectivity index (χ2v) is 5.91. The summed E-state index contributed by atoms with van der Waals surface area (Å²) in [5.74, 6) is 0.990. The molecule has 0 aromatic heterocycles. The van der Waals surface area contributed by atoms with Crippen LogP contribution in [0.1, 0.15) is 32.1 Å². The maximum Gasteiger partial charge on any atom is 0.133 e. The van der Waals surface area contributed by atoms with Gasteiger partial charge in [-0.1, -0.05) is 6.42 Å². The summed E-state index contributed by atoms with van der Waals surface area (Å²) < 4.78 is 7.10. The molecule has 0 radical (unpaired) electrons. The molecule has 2 rings (SSSR count). The molecule has 0 spiro atoms. The quantitative estimate of drug-likeness (QED) is 0.736. The van der Waals surface area contributed by atoms with Crippen LogP contribution in [0, 0.1) is 0 Å². The molecule has 1 fully saturated rings. The van der Waals surface area contributed by atoms with Gasteiger partial charge in [0.15, 0.2) is 0 Å². The molecule has 1 saturated carbocycles. The van der Waals surface area contributed by atoms with Crippen molar-refractivity contribution in [2.24, 2.45) is 0 Å². The maximum absolute atomic E-state index is 6.03. The molecule has 0 heterocycles. The lowest BCUT2D eigenvalue weighted by Gasteiger charge is -2.23. The molecular formula is C13H17BrOS. The molecule has 0 N–H and O–H groups in total. The van der Waals surface area contributed by atoms with Crippen molar-refractivity contribution in [1.29, 1.82) is 0 Å². The molecule has 0 saturated heterocycles. The Balaban J connectivity index is 2.03. The summed E-state index contributed by atoms with van der Waals surface area (Å²) in [6.45, 7) is 0. The zero-order valence-corrected chi connectivity index (χ0v) is 11.9. The zero-order chi connectivity index (χ0) is 11.4. The third-order valence-electron chi connectivity index (χ3n) is 2.98. The van der Waals surface area contributed by atoms with Gasteiger partial charge in [-0.05, 0) is 66.1 Å². The van der Waals surface area contributed by atoms with Gasteiger partial charge in [0.05, 0.1) is 10.6 Å². The lowest BCUT2D eigenvalue weighted by atomic mass is 9.98. The number of benzene rings is 1. The highest BCUT2D eigenvalue weighted by molar-refractivity contribution is 9.10. The Bertz CT molecular complexity index is 348. The number of hydrogen-bond donors (Lipinski definition) is 0. The van der Waals surface area contributed by atoms with Gasteiger partial charge >= 0.3 is 0 Å². The number of thioether (sulfide) groups is 1. The van der Waals surface area contributed by atoms with E-state index in [9.17, 15) is 0 Å². The van der Waals surface area contributed by atoms with Crippen molar-refractivity contribution in [3.8, 4) is 5.75 Å². The minimum absolute atomic E-state index is 0.421. The van der Waals surface area contributed by atoms with Crippen LogP contribution < -0.4 is 4.74 Å². The normalized spacial score (nSPS) is 17.4. The fourth-order valence-electron chi connectivity index (χ4n) is 2.07. The molecule has 88 valence electrons. The summed E-state index contributed by atoms with van der Waals surface area (Å²) in [7, 11) is 0. The van der Waals surface area contributed by atoms with E-state index < -0.39 is 0 Å². The monoisotopic (exact) mass is 300 g/mol. The number of halogens is 1. The Morgan fingerprint density at radius 1 is 1.25 bits per heavy atom. The predicted molar refractivity (Wildman–Crippen MR) is 73.4 cm³/mol. The van der Waals surface area contributed by atoms with Crippen LogP contribution in [0.2, 0.25) is 0 Å². The highest BCUT2D eigenvalue weighted by Crippen LogP contribution is 2.32. The fourth-order valence-corrected chi connectivity index (χ4v) is 3.13. The molecule has 0 bridgehead atoms. The first-order valence-corrected chi connectivity index (χ1v) is 7.81. The number of ether oxygens (including phenoxy) is 1. The largest absolute Gasteiger partial charge is 0.489 e. The van der Waals surface area contributed by atoms with Gasteiger partial charge in [0.1, 0.15) is 5.75 Å². The molecule has 0 aliphatic heterocycles. The van der Waals surface area contributed by atoms with Crippen LogP contribution >= 0.6 is 27.7 Å². The Hall–Kier alpha value is -0.150. The summed E-state index contributed by atoms with van der Waals surface area (Å²) in [5.41, 5.74) is 0. The topological polar surface area (TPSA) is 9.23 Å². The van der Waals surface area contributed by atoms with Crippen molar-refractivity contribution in [1.82, 2.24) is 0 Å². The van der Waals surface area contributed by atoms with Crippen molar-refractivity contribution in [3.63, 3.8) is 0 Å². The van der Waals surface area contributed by atoms with Crippen molar-refractivity contribution in [2.45, 2.75) is 43.1 Å². The smallest absolute Gasteiger partial charge is 0.133 e. The third-order valence-corrected chi connectivity index (χ3v) is 4.33. The summed E-state index contributed by atoms with van der Waals surface area (Å²) in [6.07, 6.45) is 8.91. The first kappa shape index (κ1) is 12.3. The second-order valence-electron chi connectivity index (χ2n) is 4.17. The van der Waals surface area contributed by atoms with E-state index in [1.54, 1.807) is 11.8 Å². The van der Waals surface area contributed by atoms with Gasteiger partial charge in [-0.15, -0.1) is 11.8 Å². The lowest BCUT2D eigenvalue weighted by Crippen LogP contribution is -2.19. The summed E-state index contributed by atoms with van der Waals surface area (Å²) in [6, 6.07) is 6.32. The van der Waals surface area contributed by atoms with Gasteiger partial charge in [0, 0.05) is 4.90 Å². The molecule has 1 aliphatic carbocycles. The SMILES string of the molecule is CSc1ccc(OC2CCCCC2)c(Br)c1. The van der Waals surface area contributed by atoms with E-state index in [1.165, 1.54) is 37.0 Å². The van der Waals surface area contributed by atoms with Gasteiger partial charge in [0.2, 0.25) is 0 Å². The highest BCUT2D eigenvalue weighted by Gasteiger charge is 2.15. The Labute approximate surface area is 110 Å². The predicted octanol–water partition coefficient (Wildman–Crippen LogP) is 4.88. The van der Waals surface area contributed by atoms with Crippen molar-refractivity contribution in [2.75, 3.05) is 6.26 Å². The minimum Gasteiger partial charge on any atom is -0.489 e. The van der Waals surface area contributed by atoms with Crippen LogP contribution in [0.5, 0.6) is 5.75 Å². The van der Waals surface area contributed by atoms with Gasteiger partial charge in [-0.25, -0.2) is 0 Å². The first-order chi connectivity index (χ1) is 7.79.